The molecule has 1 aliphatic heterocycles. The van der Waals surface area contributed by atoms with Crippen LogP contribution in [0.2, 0.25) is 0 Å². The van der Waals surface area contributed by atoms with Gasteiger partial charge < -0.3 is 10.1 Å². The Morgan fingerprint density at radius 2 is 2.11 bits per heavy atom. The molecule has 1 saturated carbocycles. The van der Waals surface area contributed by atoms with Crippen LogP contribution in [-0.2, 0) is 9.53 Å². The van der Waals surface area contributed by atoms with Crippen LogP contribution in [0.4, 0.5) is 0 Å². The molecular formula is C14H18N2O2. The zero-order chi connectivity index (χ0) is 12.6. The number of hydrogen-bond acceptors (Lipinski definition) is 3. The number of nitrogens with one attached hydrogen (secondary N) is 1. The Hall–Kier alpha value is -1.34. The highest BCUT2D eigenvalue weighted by Gasteiger charge is 2.43. The molecule has 1 heterocycles. The van der Waals surface area contributed by atoms with E-state index >= 15 is 0 Å². The van der Waals surface area contributed by atoms with Crippen molar-refractivity contribution in [3.63, 3.8) is 0 Å². The number of hydrogen-bond donors (Lipinski definition) is 1. The van der Waals surface area contributed by atoms with Gasteiger partial charge >= 0.3 is 0 Å². The van der Waals surface area contributed by atoms with E-state index in [-0.39, 0.29) is 11.8 Å². The average molecular weight is 246 g/mol. The van der Waals surface area contributed by atoms with E-state index in [1.165, 1.54) is 0 Å². The van der Waals surface area contributed by atoms with Crippen LogP contribution in [0.5, 0.6) is 0 Å². The lowest BCUT2D eigenvalue weighted by atomic mass is 9.88. The highest BCUT2D eigenvalue weighted by Crippen LogP contribution is 2.43. The van der Waals surface area contributed by atoms with Crippen molar-refractivity contribution in [2.45, 2.75) is 31.2 Å². The van der Waals surface area contributed by atoms with Crippen LogP contribution in [0.1, 0.15) is 25.7 Å². The maximum absolute atomic E-state index is 12.3. The van der Waals surface area contributed by atoms with Gasteiger partial charge in [-0.2, -0.15) is 5.26 Å². The number of fused-ring (bicyclic) bond motifs is 2. The Morgan fingerprint density at radius 1 is 1.33 bits per heavy atom. The molecule has 3 rings (SSSR count). The lowest BCUT2D eigenvalue weighted by molar-refractivity contribution is -0.128. The third kappa shape index (κ3) is 1.93. The molecule has 2 aliphatic carbocycles. The Balaban J connectivity index is 1.67. The summed E-state index contributed by atoms with van der Waals surface area (Å²) in [5.41, 5.74) is -0.694. The smallest absolute Gasteiger partial charge is 0.224 e. The summed E-state index contributed by atoms with van der Waals surface area (Å²) in [6, 6.07) is 2.29. The summed E-state index contributed by atoms with van der Waals surface area (Å²) in [6.45, 7) is 1.12. The van der Waals surface area contributed by atoms with Crippen LogP contribution in [0.15, 0.2) is 12.2 Å². The quantitative estimate of drug-likeness (QED) is 0.749. The monoisotopic (exact) mass is 246 g/mol. The Bertz CT molecular complexity index is 418. The topological polar surface area (TPSA) is 62.1 Å². The lowest BCUT2D eigenvalue weighted by Crippen LogP contribution is -2.53. The number of allylic oxidation sites excluding steroid dienone is 2. The van der Waals surface area contributed by atoms with Crippen molar-refractivity contribution in [3.8, 4) is 6.07 Å². The third-order valence-corrected chi connectivity index (χ3v) is 4.54. The minimum atomic E-state index is -0.694. The summed E-state index contributed by atoms with van der Waals surface area (Å²) >= 11 is 0. The SMILES string of the molecule is N#CC1(NC(=O)[C@H]2C[C@@H]3C=C[C@@H]2C3)CCOCC1. The molecule has 0 unspecified atom stereocenters. The van der Waals surface area contributed by atoms with Gasteiger partial charge in [0.05, 0.1) is 6.07 Å². The molecule has 1 N–H and O–H groups in total. The summed E-state index contributed by atoms with van der Waals surface area (Å²) < 4.78 is 5.27. The lowest BCUT2D eigenvalue weighted by Gasteiger charge is -2.33. The van der Waals surface area contributed by atoms with E-state index in [9.17, 15) is 10.1 Å². The Labute approximate surface area is 107 Å². The van der Waals surface area contributed by atoms with Crippen molar-refractivity contribution in [2.75, 3.05) is 13.2 Å². The van der Waals surface area contributed by atoms with Crippen molar-refractivity contribution in [1.82, 2.24) is 5.32 Å². The van der Waals surface area contributed by atoms with Gasteiger partial charge in [-0.3, -0.25) is 4.79 Å². The number of amides is 1. The predicted molar refractivity (Wildman–Crippen MR) is 65.4 cm³/mol. The summed E-state index contributed by atoms with van der Waals surface area (Å²) in [5.74, 6) is 1.12. The largest absolute Gasteiger partial charge is 0.381 e. The fourth-order valence-electron chi connectivity index (χ4n) is 3.40. The fourth-order valence-corrected chi connectivity index (χ4v) is 3.40. The van der Waals surface area contributed by atoms with Crippen LogP contribution in [0.25, 0.3) is 0 Å². The second-order valence-corrected chi connectivity index (χ2v) is 5.68. The average Bonchev–Trinajstić information content (AvgIpc) is 3.02. The van der Waals surface area contributed by atoms with E-state index in [0.29, 0.717) is 37.9 Å². The van der Waals surface area contributed by atoms with Gasteiger partial charge in [-0.15, -0.1) is 0 Å². The van der Waals surface area contributed by atoms with Gasteiger partial charge in [0.1, 0.15) is 5.54 Å². The number of nitrogens with zero attached hydrogens (tertiary/aromatic N) is 1. The number of ether oxygens (including phenoxy) is 1. The van der Waals surface area contributed by atoms with Crippen LogP contribution < -0.4 is 5.32 Å². The van der Waals surface area contributed by atoms with Gasteiger partial charge in [-0.05, 0) is 24.7 Å². The van der Waals surface area contributed by atoms with Crippen LogP contribution in [0.3, 0.4) is 0 Å². The first-order valence-electron chi connectivity index (χ1n) is 6.72. The van der Waals surface area contributed by atoms with Gasteiger partial charge in [0.25, 0.3) is 0 Å². The Kier molecular flexibility index (Phi) is 2.87. The van der Waals surface area contributed by atoms with Crippen molar-refractivity contribution in [1.29, 1.82) is 5.26 Å². The van der Waals surface area contributed by atoms with Crippen molar-refractivity contribution < 1.29 is 9.53 Å². The molecule has 1 amide bonds. The molecule has 2 fully saturated rings. The van der Waals surface area contributed by atoms with E-state index in [1.54, 1.807) is 0 Å². The molecule has 3 atom stereocenters. The summed E-state index contributed by atoms with van der Waals surface area (Å²) in [6.07, 6.45) is 7.66. The maximum Gasteiger partial charge on any atom is 0.224 e. The third-order valence-electron chi connectivity index (χ3n) is 4.54. The minimum Gasteiger partial charge on any atom is -0.381 e. The molecule has 1 saturated heterocycles. The second-order valence-electron chi connectivity index (χ2n) is 5.68. The highest BCUT2D eigenvalue weighted by molar-refractivity contribution is 5.81. The second kappa shape index (κ2) is 4.40. The van der Waals surface area contributed by atoms with Crippen LogP contribution in [-0.4, -0.2) is 24.7 Å². The fraction of sp³-hybridized carbons (Fsp3) is 0.714. The number of carbonyl (C=O) groups is 1. The molecule has 18 heavy (non-hydrogen) atoms. The van der Waals surface area contributed by atoms with Crippen molar-refractivity contribution >= 4 is 5.91 Å². The predicted octanol–water partition coefficient (Wildman–Crippen LogP) is 1.39. The van der Waals surface area contributed by atoms with Gasteiger partial charge in [-0.1, -0.05) is 12.2 Å². The molecule has 0 aromatic heterocycles. The summed E-state index contributed by atoms with van der Waals surface area (Å²) in [5, 5.41) is 12.3. The van der Waals surface area contributed by atoms with Crippen molar-refractivity contribution in [3.05, 3.63) is 12.2 Å². The van der Waals surface area contributed by atoms with E-state index in [0.717, 1.165) is 12.8 Å². The zero-order valence-corrected chi connectivity index (χ0v) is 10.4. The van der Waals surface area contributed by atoms with Gasteiger partial charge in [-0.25, -0.2) is 0 Å². The van der Waals surface area contributed by atoms with E-state index < -0.39 is 5.54 Å². The maximum atomic E-state index is 12.3. The van der Waals surface area contributed by atoms with Gasteiger partial charge in [0.2, 0.25) is 5.91 Å². The highest BCUT2D eigenvalue weighted by atomic mass is 16.5. The standard InChI is InChI=1S/C14H18N2O2/c15-9-14(3-5-18-6-4-14)16-13(17)12-8-10-1-2-11(12)7-10/h1-2,10-12H,3-8H2,(H,16,17)/t10-,11-,12+/m1/s1. The first-order chi connectivity index (χ1) is 8.72. The Morgan fingerprint density at radius 3 is 2.67 bits per heavy atom. The molecular weight excluding hydrogens is 228 g/mol. The number of carbonyl (C=O) groups excluding carboxylic acids is 1. The normalized spacial score (nSPS) is 36.3. The van der Waals surface area contributed by atoms with Gasteiger partial charge in [0, 0.05) is 32.0 Å². The summed E-state index contributed by atoms with van der Waals surface area (Å²) in [4.78, 5) is 12.3. The molecule has 0 aromatic carbocycles. The first kappa shape index (κ1) is 11.7. The number of nitriles is 1. The van der Waals surface area contributed by atoms with E-state index in [1.807, 2.05) is 0 Å². The minimum absolute atomic E-state index is 0.0651. The van der Waals surface area contributed by atoms with E-state index in [2.05, 4.69) is 23.5 Å². The van der Waals surface area contributed by atoms with Crippen molar-refractivity contribution in [2.24, 2.45) is 17.8 Å². The molecule has 3 aliphatic rings. The molecule has 2 bridgehead atoms. The van der Waals surface area contributed by atoms with E-state index in [4.69, 9.17) is 4.74 Å². The van der Waals surface area contributed by atoms with Gasteiger partial charge in [0.15, 0.2) is 0 Å². The molecule has 4 heteroatoms. The molecule has 0 aromatic rings. The molecule has 0 spiro atoms. The summed E-state index contributed by atoms with van der Waals surface area (Å²) in [7, 11) is 0. The van der Waals surface area contributed by atoms with Crippen LogP contribution >= 0.6 is 0 Å². The number of rotatable bonds is 2. The molecule has 4 nitrogen and oxygen atoms in total. The molecule has 0 radical (unpaired) electrons. The first-order valence-corrected chi connectivity index (χ1v) is 6.72. The van der Waals surface area contributed by atoms with Crippen LogP contribution in [0, 0.1) is 29.1 Å². The molecule has 96 valence electrons. The zero-order valence-electron chi connectivity index (χ0n) is 10.4.